The molecule has 0 N–H and O–H groups in total. The molecule has 0 bridgehead atoms. The first kappa shape index (κ1) is 14.8. The van der Waals surface area contributed by atoms with Crippen molar-refractivity contribution >= 4 is 0 Å². The topological polar surface area (TPSA) is 39.5 Å². The quantitative estimate of drug-likeness (QED) is 0.796. The monoisotopic (exact) mass is 273 g/mol. The SMILES string of the molecule is CCOc1ccccc1CN1CCN(CCC#N)CC1. The maximum Gasteiger partial charge on any atom is 0.123 e. The van der Waals surface area contributed by atoms with E-state index in [1.54, 1.807) is 0 Å². The van der Waals surface area contributed by atoms with Crippen LogP contribution in [0.2, 0.25) is 0 Å². The molecular weight excluding hydrogens is 250 g/mol. The number of benzene rings is 1. The molecule has 0 atom stereocenters. The summed E-state index contributed by atoms with van der Waals surface area (Å²) < 4.78 is 5.68. The van der Waals surface area contributed by atoms with Gasteiger partial charge >= 0.3 is 0 Å². The first-order chi connectivity index (χ1) is 9.83. The van der Waals surface area contributed by atoms with E-state index in [0.717, 1.165) is 45.0 Å². The molecule has 20 heavy (non-hydrogen) atoms. The van der Waals surface area contributed by atoms with Gasteiger partial charge in [-0.3, -0.25) is 9.80 Å². The van der Waals surface area contributed by atoms with E-state index in [9.17, 15) is 0 Å². The number of nitriles is 1. The van der Waals surface area contributed by atoms with Gasteiger partial charge in [0.2, 0.25) is 0 Å². The van der Waals surface area contributed by atoms with Crippen molar-refractivity contribution in [3.05, 3.63) is 29.8 Å². The van der Waals surface area contributed by atoms with Gasteiger partial charge in [0.05, 0.1) is 12.7 Å². The van der Waals surface area contributed by atoms with E-state index in [4.69, 9.17) is 10.00 Å². The summed E-state index contributed by atoms with van der Waals surface area (Å²) in [6.07, 6.45) is 0.632. The Bertz CT molecular complexity index is 447. The molecular formula is C16H23N3O. The molecule has 0 spiro atoms. The lowest BCUT2D eigenvalue weighted by Crippen LogP contribution is -2.46. The summed E-state index contributed by atoms with van der Waals surface area (Å²) in [7, 11) is 0. The minimum atomic E-state index is 0.632. The van der Waals surface area contributed by atoms with Crippen molar-refractivity contribution < 1.29 is 4.74 Å². The second-order valence-corrected chi connectivity index (χ2v) is 5.07. The van der Waals surface area contributed by atoms with Crippen LogP contribution in [0.15, 0.2) is 24.3 Å². The van der Waals surface area contributed by atoms with Gasteiger partial charge in [-0.2, -0.15) is 5.26 Å². The summed E-state index contributed by atoms with van der Waals surface area (Å²) in [6, 6.07) is 10.5. The molecule has 1 saturated heterocycles. The van der Waals surface area contributed by atoms with Gasteiger partial charge in [-0.25, -0.2) is 0 Å². The maximum absolute atomic E-state index is 8.62. The van der Waals surface area contributed by atoms with E-state index >= 15 is 0 Å². The van der Waals surface area contributed by atoms with Crippen LogP contribution in [0, 0.1) is 11.3 Å². The van der Waals surface area contributed by atoms with Gasteiger partial charge in [0.25, 0.3) is 0 Å². The second kappa shape index (κ2) is 7.88. The highest BCUT2D eigenvalue weighted by Crippen LogP contribution is 2.20. The van der Waals surface area contributed by atoms with Crippen LogP contribution in [0.25, 0.3) is 0 Å². The van der Waals surface area contributed by atoms with Gasteiger partial charge < -0.3 is 4.74 Å². The Hall–Kier alpha value is -1.57. The van der Waals surface area contributed by atoms with E-state index in [1.807, 2.05) is 19.1 Å². The van der Waals surface area contributed by atoms with E-state index in [2.05, 4.69) is 28.0 Å². The van der Waals surface area contributed by atoms with Crippen molar-refractivity contribution in [2.75, 3.05) is 39.3 Å². The van der Waals surface area contributed by atoms with Gasteiger partial charge in [-0.15, -0.1) is 0 Å². The van der Waals surface area contributed by atoms with E-state index in [0.29, 0.717) is 13.0 Å². The zero-order valence-electron chi connectivity index (χ0n) is 12.2. The largest absolute Gasteiger partial charge is 0.494 e. The molecule has 2 rings (SSSR count). The molecule has 108 valence electrons. The molecule has 0 aromatic heterocycles. The lowest BCUT2D eigenvalue weighted by atomic mass is 10.1. The van der Waals surface area contributed by atoms with Crippen LogP contribution in [0.3, 0.4) is 0 Å². The van der Waals surface area contributed by atoms with Crippen LogP contribution in [0.4, 0.5) is 0 Å². The molecule has 1 aliphatic heterocycles. The average Bonchev–Trinajstić information content (AvgIpc) is 2.49. The van der Waals surface area contributed by atoms with Gasteiger partial charge in [0.1, 0.15) is 5.75 Å². The van der Waals surface area contributed by atoms with Gasteiger partial charge in [0, 0.05) is 51.3 Å². The summed E-state index contributed by atoms with van der Waals surface area (Å²) in [4.78, 5) is 4.83. The molecule has 4 nitrogen and oxygen atoms in total. The lowest BCUT2D eigenvalue weighted by molar-refractivity contribution is 0.128. The number of hydrogen-bond donors (Lipinski definition) is 0. The molecule has 1 aromatic rings. The van der Waals surface area contributed by atoms with Crippen LogP contribution in [-0.2, 0) is 6.54 Å². The van der Waals surface area contributed by atoms with Crippen molar-refractivity contribution in [2.24, 2.45) is 0 Å². The van der Waals surface area contributed by atoms with Crippen molar-refractivity contribution in [1.82, 2.24) is 9.80 Å². The number of hydrogen-bond acceptors (Lipinski definition) is 4. The van der Waals surface area contributed by atoms with Crippen molar-refractivity contribution in [3.8, 4) is 11.8 Å². The highest BCUT2D eigenvalue weighted by molar-refractivity contribution is 5.33. The molecule has 0 unspecified atom stereocenters. The summed E-state index contributed by atoms with van der Waals surface area (Å²) in [5.41, 5.74) is 1.26. The minimum absolute atomic E-state index is 0.632. The molecule has 0 aliphatic carbocycles. The Labute approximate surface area is 121 Å². The normalized spacial score (nSPS) is 16.8. The van der Waals surface area contributed by atoms with Crippen molar-refractivity contribution in [2.45, 2.75) is 19.9 Å². The van der Waals surface area contributed by atoms with Gasteiger partial charge in [0.15, 0.2) is 0 Å². The summed E-state index contributed by atoms with van der Waals surface area (Å²) in [6.45, 7) is 8.81. The fourth-order valence-electron chi connectivity index (χ4n) is 2.55. The Kier molecular flexibility index (Phi) is 5.85. The third-order valence-corrected chi connectivity index (χ3v) is 3.67. The summed E-state index contributed by atoms with van der Waals surface area (Å²) in [5, 5.41) is 8.62. The highest BCUT2D eigenvalue weighted by atomic mass is 16.5. The van der Waals surface area contributed by atoms with E-state index in [1.165, 1.54) is 5.56 Å². The molecule has 1 fully saturated rings. The Morgan fingerprint density at radius 1 is 1.15 bits per heavy atom. The molecule has 1 heterocycles. The number of piperazine rings is 1. The predicted molar refractivity (Wildman–Crippen MR) is 79.6 cm³/mol. The third-order valence-electron chi connectivity index (χ3n) is 3.67. The first-order valence-electron chi connectivity index (χ1n) is 7.36. The number of ether oxygens (including phenoxy) is 1. The van der Waals surface area contributed by atoms with Gasteiger partial charge in [-0.05, 0) is 13.0 Å². The van der Waals surface area contributed by atoms with Crippen molar-refractivity contribution in [1.29, 1.82) is 5.26 Å². The van der Waals surface area contributed by atoms with Crippen LogP contribution < -0.4 is 4.74 Å². The molecule has 4 heteroatoms. The third kappa shape index (κ3) is 4.22. The molecule has 0 radical (unpaired) electrons. The van der Waals surface area contributed by atoms with Crippen LogP contribution in [0.5, 0.6) is 5.75 Å². The number of nitrogens with zero attached hydrogens (tertiary/aromatic N) is 3. The molecule has 1 aliphatic rings. The van der Waals surface area contributed by atoms with Crippen LogP contribution in [0.1, 0.15) is 18.9 Å². The maximum atomic E-state index is 8.62. The average molecular weight is 273 g/mol. The second-order valence-electron chi connectivity index (χ2n) is 5.07. The molecule has 0 amide bonds. The highest BCUT2D eigenvalue weighted by Gasteiger charge is 2.17. The Morgan fingerprint density at radius 3 is 2.55 bits per heavy atom. The zero-order chi connectivity index (χ0) is 14.2. The molecule has 1 aromatic carbocycles. The number of rotatable bonds is 6. The van der Waals surface area contributed by atoms with Crippen molar-refractivity contribution in [3.63, 3.8) is 0 Å². The summed E-state index contributed by atoms with van der Waals surface area (Å²) >= 11 is 0. The Balaban J connectivity index is 1.85. The zero-order valence-corrected chi connectivity index (χ0v) is 12.2. The fourth-order valence-corrected chi connectivity index (χ4v) is 2.55. The fraction of sp³-hybridized carbons (Fsp3) is 0.562. The lowest BCUT2D eigenvalue weighted by Gasteiger charge is -2.34. The van der Waals surface area contributed by atoms with Crippen LogP contribution >= 0.6 is 0 Å². The predicted octanol–water partition coefficient (Wildman–Crippen LogP) is 2.12. The standard InChI is InChI=1S/C16H23N3O/c1-2-20-16-7-4-3-6-15(16)14-19-12-10-18(11-13-19)9-5-8-17/h3-4,6-7H,2,5,9-14H2,1H3. The summed E-state index contributed by atoms with van der Waals surface area (Å²) in [5.74, 6) is 1.00. The van der Waals surface area contributed by atoms with E-state index < -0.39 is 0 Å². The smallest absolute Gasteiger partial charge is 0.123 e. The van der Waals surface area contributed by atoms with E-state index in [-0.39, 0.29) is 0 Å². The van der Waals surface area contributed by atoms with Gasteiger partial charge in [-0.1, -0.05) is 18.2 Å². The Morgan fingerprint density at radius 2 is 1.85 bits per heavy atom. The minimum Gasteiger partial charge on any atom is -0.494 e. The molecule has 0 saturated carbocycles. The first-order valence-corrected chi connectivity index (χ1v) is 7.36. The van der Waals surface area contributed by atoms with Crippen LogP contribution in [-0.4, -0.2) is 49.1 Å². The number of para-hydroxylation sites is 1.